The van der Waals surface area contributed by atoms with E-state index in [1.807, 2.05) is 6.92 Å². The molecule has 0 bridgehead atoms. The van der Waals surface area contributed by atoms with Crippen LogP contribution in [0.25, 0.3) is 0 Å². The zero-order chi connectivity index (χ0) is 20.4. The second kappa shape index (κ2) is 11.2. The maximum Gasteiger partial charge on any atom is 0.354 e. The fraction of sp³-hybridized carbons (Fsp3) is 0.444. The van der Waals surface area contributed by atoms with Crippen LogP contribution in [0.2, 0.25) is 5.02 Å². The van der Waals surface area contributed by atoms with Crippen LogP contribution in [0.15, 0.2) is 23.3 Å². The van der Waals surface area contributed by atoms with Crippen LogP contribution in [0, 0.1) is 0 Å². The summed E-state index contributed by atoms with van der Waals surface area (Å²) >= 11 is 6.25. The number of carbonyl (C=O) groups excluding carboxylic acids is 3. The minimum absolute atomic E-state index is 0.0416. The fourth-order valence-corrected chi connectivity index (χ4v) is 2.28. The molecule has 0 heterocycles. The topological polar surface area (TPSA) is 94.5 Å². The van der Waals surface area contributed by atoms with E-state index in [0.717, 1.165) is 5.01 Å². The van der Waals surface area contributed by atoms with Crippen LogP contribution < -0.4 is 4.74 Å². The number of carbonyl (C=O) groups is 3. The number of ether oxygens (including phenoxy) is 3. The zero-order valence-electron chi connectivity index (χ0n) is 15.8. The van der Waals surface area contributed by atoms with E-state index in [-0.39, 0.29) is 18.9 Å². The molecular weight excluding hydrogens is 376 g/mol. The summed E-state index contributed by atoms with van der Waals surface area (Å²) in [6.45, 7) is 5.35. The van der Waals surface area contributed by atoms with Gasteiger partial charge in [0.1, 0.15) is 17.9 Å². The molecule has 0 spiro atoms. The Labute approximate surface area is 163 Å². The molecule has 1 amide bonds. The molecule has 0 atom stereocenters. The minimum Gasteiger partial charge on any atom is -0.493 e. The smallest absolute Gasteiger partial charge is 0.354 e. The molecule has 0 fully saturated rings. The maximum absolute atomic E-state index is 12.5. The summed E-state index contributed by atoms with van der Waals surface area (Å²) in [4.78, 5) is 35.8. The number of nitrogens with zero attached hydrogens (tertiary/aromatic N) is 2. The first-order valence-electron chi connectivity index (χ1n) is 8.33. The molecule has 0 saturated carbocycles. The van der Waals surface area contributed by atoms with E-state index >= 15 is 0 Å². The van der Waals surface area contributed by atoms with Gasteiger partial charge in [0.15, 0.2) is 0 Å². The first-order valence-corrected chi connectivity index (χ1v) is 8.71. The predicted molar refractivity (Wildman–Crippen MR) is 99.5 cm³/mol. The number of hydrogen-bond acceptors (Lipinski definition) is 7. The number of benzene rings is 1. The van der Waals surface area contributed by atoms with Crippen molar-refractivity contribution in [1.82, 2.24) is 5.01 Å². The molecule has 8 nitrogen and oxygen atoms in total. The van der Waals surface area contributed by atoms with Crippen molar-refractivity contribution < 1.29 is 28.6 Å². The van der Waals surface area contributed by atoms with Crippen molar-refractivity contribution in [3.8, 4) is 5.75 Å². The molecule has 0 aromatic heterocycles. The largest absolute Gasteiger partial charge is 0.493 e. The van der Waals surface area contributed by atoms with Gasteiger partial charge in [0.2, 0.25) is 0 Å². The average Bonchev–Trinajstić information content (AvgIpc) is 2.63. The Hall–Kier alpha value is -2.61. The highest BCUT2D eigenvalue weighted by Crippen LogP contribution is 2.28. The van der Waals surface area contributed by atoms with Gasteiger partial charge in [0.05, 0.1) is 26.9 Å². The van der Waals surface area contributed by atoms with Crippen LogP contribution in [0.5, 0.6) is 5.75 Å². The highest BCUT2D eigenvalue weighted by molar-refractivity contribution is 6.35. The summed E-state index contributed by atoms with van der Waals surface area (Å²) in [5.74, 6) is -1.58. The molecule has 1 aromatic carbocycles. The van der Waals surface area contributed by atoms with Crippen LogP contribution in [0.1, 0.15) is 32.8 Å². The first kappa shape index (κ1) is 22.4. The maximum atomic E-state index is 12.5. The van der Waals surface area contributed by atoms with Crippen molar-refractivity contribution in [1.29, 1.82) is 0 Å². The Bertz CT molecular complexity index is 720. The third-order valence-electron chi connectivity index (χ3n) is 3.34. The first-order chi connectivity index (χ1) is 12.8. The number of amides is 1. The van der Waals surface area contributed by atoms with E-state index in [4.69, 9.17) is 21.1 Å². The minimum atomic E-state index is -0.724. The third kappa shape index (κ3) is 6.90. The zero-order valence-corrected chi connectivity index (χ0v) is 16.5. The van der Waals surface area contributed by atoms with Crippen LogP contribution in [0.4, 0.5) is 0 Å². The predicted octanol–water partition coefficient (Wildman–Crippen LogP) is 2.57. The lowest BCUT2D eigenvalue weighted by atomic mass is 10.2. The van der Waals surface area contributed by atoms with E-state index in [9.17, 15) is 14.4 Å². The van der Waals surface area contributed by atoms with Gasteiger partial charge in [0.25, 0.3) is 5.91 Å². The lowest BCUT2D eigenvalue weighted by Crippen LogP contribution is -2.30. The van der Waals surface area contributed by atoms with Crippen LogP contribution in [0.3, 0.4) is 0 Å². The van der Waals surface area contributed by atoms with Crippen molar-refractivity contribution in [2.75, 3.05) is 20.3 Å². The third-order valence-corrected chi connectivity index (χ3v) is 3.69. The van der Waals surface area contributed by atoms with E-state index < -0.39 is 24.3 Å². The summed E-state index contributed by atoms with van der Waals surface area (Å²) in [7, 11) is 1.17. The van der Waals surface area contributed by atoms with Gasteiger partial charge in [-0.15, -0.1) is 0 Å². The van der Waals surface area contributed by atoms with Crippen molar-refractivity contribution >= 4 is 35.2 Å². The van der Waals surface area contributed by atoms with Gasteiger partial charge in [0, 0.05) is 10.6 Å². The second-order valence-electron chi connectivity index (χ2n) is 5.26. The van der Waals surface area contributed by atoms with Crippen LogP contribution in [-0.2, 0) is 30.4 Å². The van der Waals surface area contributed by atoms with E-state index in [0.29, 0.717) is 22.9 Å². The SMILES string of the molecule is CCOC(=O)/C(C)=N/N(Cc1c(Cl)cccc1OCC)C(=O)CC(=O)OC. The number of rotatable bonds is 9. The molecule has 9 heteroatoms. The van der Waals surface area contributed by atoms with Gasteiger partial charge in [-0.25, -0.2) is 9.80 Å². The normalized spacial score (nSPS) is 10.9. The molecule has 0 aliphatic rings. The Balaban J connectivity index is 3.22. The lowest BCUT2D eigenvalue weighted by Gasteiger charge is -2.20. The molecule has 27 heavy (non-hydrogen) atoms. The summed E-state index contributed by atoms with van der Waals surface area (Å²) in [6.07, 6.45) is -0.537. The average molecular weight is 399 g/mol. The molecule has 0 aliphatic carbocycles. The van der Waals surface area contributed by atoms with Crippen molar-refractivity contribution in [3.05, 3.63) is 28.8 Å². The lowest BCUT2D eigenvalue weighted by molar-refractivity contribution is -0.147. The Morgan fingerprint density at radius 1 is 1.19 bits per heavy atom. The summed E-state index contributed by atoms with van der Waals surface area (Å²) in [5, 5.41) is 5.36. The Kier molecular flexibility index (Phi) is 9.29. The van der Waals surface area contributed by atoms with Gasteiger partial charge >= 0.3 is 11.9 Å². The molecule has 0 aliphatic heterocycles. The van der Waals surface area contributed by atoms with Crippen molar-refractivity contribution in [2.24, 2.45) is 5.10 Å². The van der Waals surface area contributed by atoms with Gasteiger partial charge in [-0.05, 0) is 32.9 Å². The number of halogens is 1. The fourth-order valence-electron chi connectivity index (χ4n) is 2.06. The number of hydrogen-bond donors (Lipinski definition) is 0. The molecular formula is C18H23ClN2O6. The van der Waals surface area contributed by atoms with Crippen LogP contribution in [-0.4, -0.2) is 48.9 Å². The monoisotopic (exact) mass is 398 g/mol. The molecule has 1 rings (SSSR count). The highest BCUT2D eigenvalue weighted by Gasteiger charge is 2.22. The highest BCUT2D eigenvalue weighted by atomic mass is 35.5. The van der Waals surface area contributed by atoms with E-state index in [1.165, 1.54) is 14.0 Å². The summed E-state index contributed by atoms with van der Waals surface area (Å²) in [5.41, 5.74) is 0.458. The second-order valence-corrected chi connectivity index (χ2v) is 5.67. The number of hydrazone groups is 1. The standard InChI is InChI=1S/C18H23ClN2O6/c1-5-26-15-9-7-8-14(19)13(15)11-21(16(22)10-17(23)25-4)20-12(3)18(24)27-6-2/h7-9H,5-6,10-11H2,1-4H3/b20-12+. The summed E-state index contributed by atoms with van der Waals surface area (Å²) in [6, 6.07) is 5.06. The van der Waals surface area contributed by atoms with E-state index in [1.54, 1.807) is 25.1 Å². The Morgan fingerprint density at radius 3 is 2.48 bits per heavy atom. The molecule has 0 N–H and O–H groups in total. The van der Waals surface area contributed by atoms with Gasteiger partial charge in [-0.3, -0.25) is 9.59 Å². The van der Waals surface area contributed by atoms with Crippen molar-refractivity contribution in [2.45, 2.75) is 33.7 Å². The molecule has 0 saturated heterocycles. The van der Waals surface area contributed by atoms with Gasteiger partial charge < -0.3 is 14.2 Å². The quantitative estimate of drug-likeness (QED) is 0.274. The molecule has 148 valence electrons. The van der Waals surface area contributed by atoms with Crippen LogP contribution >= 0.6 is 11.6 Å². The van der Waals surface area contributed by atoms with E-state index in [2.05, 4.69) is 9.84 Å². The van der Waals surface area contributed by atoms with Gasteiger partial charge in [-0.1, -0.05) is 17.7 Å². The summed E-state index contributed by atoms with van der Waals surface area (Å²) < 4.78 is 14.9. The molecule has 1 aromatic rings. The molecule has 0 unspecified atom stereocenters. The number of esters is 2. The molecule has 0 radical (unpaired) electrons. The van der Waals surface area contributed by atoms with Gasteiger partial charge in [-0.2, -0.15) is 5.10 Å². The Morgan fingerprint density at radius 2 is 1.89 bits per heavy atom. The van der Waals surface area contributed by atoms with Crippen molar-refractivity contribution in [3.63, 3.8) is 0 Å². The number of methoxy groups -OCH3 is 1.